The van der Waals surface area contributed by atoms with Crippen LogP contribution in [0.3, 0.4) is 0 Å². The van der Waals surface area contributed by atoms with Crippen molar-refractivity contribution in [3.05, 3.63) is 78.6 Å². The molecule has 4 rings (SSSR count). The predicted octanol–water partition coefficient (Wildman–Crippen LogP) is 5.47. The van der Waals surface area contributed by atoms with Crippen LogP contribution in [0.25, 0.3) is 0 Å². The summed E-state index contributed by atoms with van der Waals surface area (Å²) in [5, 5.41) is 9.30. The lowest BCUT2D eigenvalue weighted by Crippen LogP contribution is -2.47. The van der Waals surface area contributed by atoms with Crippen LogP contribution in [-0.2, 0) is 11.3 Å². The third-order valence-corrected chi connectivity index (χ3v) is 7.03. The van der Waals surface area contributed by atoms with Crippen molar-refractivity contribution in [3.63, 3.8) is 0 Å². The summed E-state index contributed by atoms with van der Waals surface area (Å²) in [5.41, 5.74) is 0.611. The van der Waals surface area contributed by atoms with E-state index in [2.05, 4.69) is 17.7 Å². The molecule has 0 spiro atoms. The van der Waals surface area contributed by atoms with Crippen molar-refractivity contribution in [2.24, 2.45) is 5.92 Å². The van der Waals surface area contributed by atoms with E-state index in [0.717, 1.165) is 42.3 Å². The van der Waals surface area contributed by atoms with E-state index in [0.29, 0.717) is 24.6 Å². The zero-order chi connectivity index (χ0) is 23.8. The van der Waals surface area contributed by atoms with E-state index in [1.807, 2.05) is 76.3 Å². The molecule has 6 nitrogen and oxygen atoms in total. The van der Waals surface area contributed by atoms with Crippen molar-refractivity contribution in [3.8, 4) is 17.6 Å². The van der Waals surface area contributed by atoms with E-state index in [4.69, 9.17) is 4.74 Å². The highest BCUT2D eigenvalue weighted by molar-refractivity contribution is 7.97. The summed E-state index contributed by atoms with van der Waals surface area (Å²) >= 11 is 1.46. The number of amides is 1. The van der Waals surface area contributed by atoms with Crippen LogP contribution in [-0.4, -0.2) is 34.5 Å². The highest BCUT2D eigenvalue weighted by Gasteiger charge is 2.27. The molecular weight excluding hydrogens is 444 g/mol. The molecule has 1 atom stereocenters. The molecule has 1 saturated heterocycles. The standard InChI is InChI=1S/C27H30N4O2S/c1-21-13-17-31(18-14-21)27(32)26(15-19-30-16-5-6-22(30)20-28)29-34-25-11-9-24(10-12-25)33-23-7-3-2-4-8-23/h2-12,16,21,26,29H,13-15,17-19H2,1H3. The van der Waals surface area contributed by atoms with Crippen LogP contribution < -0.4 is 9.46 Å². The topological polar surface area (TPSA) is 70.3 Å². The maximum absolute atomic E-state index is 13.4. The number of likely N-dealkylation sites (tertiary alicyclic amines) is 1. The number of aryl methyl sites for hydroxylation is 1. The number of nitrogens with one attached hydrogen (secondary N) is 1. The molecular formula is C27H30N4O2S. The summed E-state index contributed by atoms with van der Waals surface area (Å²) in [5.74, 6) is 2.36. The number of para-hydroxylation sites is 1. The Kier molecular flexibility index (Phi) is 8.29. The largest absolute Gasteiger partial charge is 0.457 e. The van der Waals surface area contributed by atoms with Gasteiger partial charge in [-0.25, -0.2) is 4.72 Å². The Morgan fingerprint density at radius 3 is 2.50 bits per heavy atom. The summed E-state index contributed by atoms with van der Waals surface area (Å²) in [4.78, 5) is 16.3. The van der Waals surface area contributed by atoms with E-state index < -0.39 is 0 Å². The Hall–Kier alpha value is -3.21. The number of ether oxygens (including phenoxy) is 1. The lowest BCUT2D eigenvalue weighted by atomic mass is 9.98. The molecule has 1 aliphatic heterocycles. The molecule has 1 aromatic heterocycles. The van der Waals surface area contributed by atoms with Gasteiger partial charge in [0.05, 0.1) is 6.04 Å². The number of benzene rings is 2. The average Bonchev–Trinajstić information content (AvgIpc) is 3.33. The van der Waals surface area contributed by atoms with Gasteiger partial charge in [-0.1, -0.05) is 25.1 Å². The SMILES string of the molecule is CC1CCN(C(=O)C(CCn2cccc2C#N)NSc2ccc(Oc3ccccc3)cc2)CC1. The maximum atomic E-state index is 13.4. The van der Waals surface area contributed by atoms with Crippen molar-refractivity contribution in [2.75, 3.05) is 13.1 Å². The zero-order valence-electron chi connectivity index (χ0n) is 19.4. The first-order valence-electron chi connectivity index (χ1n) is 11.7. The van der Waals surface area contributed by atoms with Crippen molar-refractivity contribution in [1.29, 1.82) is 5.26 Å². The van der Waals surface area contributed by atoms with Gasteiger partial charge in [0.25, 0.3) is 0 Å². The summed E-state index contributed by atoms with van der Waals surface area (Å²) in [6.07, 6.45) is 4.59. The highest BCUT2D eigenvalue weighted by Crippen LogP contribution is 2.25. The summed E-state index contributed by atoms with van der Waals surface area (Å²) in [7, 11) is 0. The fourth-order valence-corrected chi connectivity index (χ4v) is 4.77. The van der Waals surface area contributed by atoms with Gasteiger partial charge in [0.2, 0.25) is 5.91 Å². The first kappa shape index (κ1) is 23.9. The molecule has 1 amide bonds. The van der Waals surface area contributed by atoms with Crippen LogP contribution in [0.4, 0.5) is 0 Å². The minimum Gasteiger partial charge on any atom is -0.457 e. The first-order valence-corrected chi connectivity index (χ1v) is 12.5. The molecule has 2 aromatic carbocycles. The van der Waals surface area contributed by atoms with E-state index in [1.54, 1.807) is 6.07 Å². The van der Waals surface area contributed by atoms with Crippen LogP contribution in [0.5, 0.6) is 11.5 Å². The number of carbonyl (C=O) groups excluding carboxylic acids is 1. The minimum atomic E-state index is -0.340. The van der Waals surface area contributed by atoms with E-state index >= 15 is 0 Å². The molecule has 1 N–H and O–H groups in total. The smallest absolute Gasteiger partial charge is 0.240 e. The van der Waals surface area contributed by atoms with Crippen LogP contribution in [0.2, 0.25) is 0 Å². The van der Waals surface area contributed by atoms with E-state index in [9.17, 15) is 10.1 Å². The lowest BCUT2D eigenvalue weighted by Gasteiger charge is -2.33. The predicted molar refractivity (Wildman–Crippen MR) is 134 cm³/mol. The summed E-state index contributed by atoms with van der Waals surface area (Å²) in [6, 6.07) is 23.0. The molecule has 0 radical (unpaired) electrons. The Bertz CT molecular complexity index is 1100. The Morgan fingerprint density at radius 1 is 1.09 bits per heavy atom. The van der Waals surface area contributed by atoms with Crippen molar-refractivity contribution in [2.45, 2.75) is 43.7 Å². The Labute approximate surface area is 205 Å². The quantitative estimate of drug-likeness (QED) is 0.417. The maximum Gasteiger partial charge on any atom is 0.240 e. The molecule has 2 heterocycles. The van der Waals surface area contributed by atoms with Crippen LogP contribution in [0.1, 0.15) is 31.9 Å². The second-order valence-corrected chi connectivity index (χ2v) is 9.57. The van der Waals surface area contributed by atoms with Gasteiger partial charge < -0.3 is 14.2 Å². The van der Waals surface area contributed by atoms with Gasteiger partial charge >= 0.3 is 0 Å². The molecule has 1 unspecified atom stereocenters. The molecule has 3 aromatic rings. The number of aromatic nitrogens is 1. The van der Waals surface area contributed by atoms with Gasteiger partial charge in [-0.3, -0.25) is 4.79 Å². The second-order valence-electron chi connectivity index (χ2n) is 8.65. The molecule has 34 heavy (non-hydrogen) atoms. The molecule has 1 fully saturated rings. The van der Waals surface area contributed by atoms with Gasteiger partial charge in [-0.15, -0.1) is 0 Å². The van der Waals surface area contributed by atoms with Crippen LogP contribution in [0, 0.1) is 17.2 Å². The molecule has 0 saturated carbocycles. The fraction of sp³-hybridized carbons (Fsp3) is 0.333. The summed E-state index contributed by atoms with van der Waals surface area (Å²) < 4.78 is 11.2. The van der Waals surface area contributed by atoms with Gasteiger partial charge in [-0.05, 0) is 85.7 Å². The second kappa shape index (κ2) is 11.8. The molecule has 0 aliphatic carbocycles. The zero-order valence-corrected chi connectivity index (χ0v) is 20.2. The number of rotatable bonds is 9. The first-order chi connectivity index (χ1) is 16.6. The minimum absolute atomic E-state index is 0.133. The van der Waals surface area contributed by atoms with Crippen molar-refractivity contribution < 1.29 is 9.53 Å². The number of hydrogen-bond donors (Lipinski definition) is 1. The third kappa shape index (κ3) is 6.43. The average molecular weight is 475 g/mol. The van der Waals surface area contributed by atoms with E-state index in [-0.39, 0.29) is 11.9 Å². The van der Waals surface area contributed by atoms with Crippen LogP contribution >= 0.6 is 11.9 Å². The van der Waals surface area contributed by atoms with Crippen LogP contribution in [0.15, 0.2) is 77.8 Å². The van der Waals surface area contributed by atoms with Gasteiger partial charge in [0.1, 0.15) is 23.3 Å². The molecule has 0 bridgehead atoms. The Morgan fingerprint density at radius 2 is 1.79 bits per heavy atom. The van der Waals surface area contributed by atoms with Gasteiger partial charge in [-0.2, -0.15) is 5.26 Å². The fourth-order valence-electron chi connectivity index (χ4n) is 4.00. The Balaban J connectivity index is 1.39. The molecule has 1 aliphatic rings. The molecule has 7 heteroatoms. The number of nitriles is 1. The number of carbonyl (C=O) groups is 1. The number of nitrogens with zero attached hydrogens (tertiary/aromatic N) is 3. The van der Waals surface area contributed by atoms with E-state index in [1.165, 1.54) is 11.9 Å². The van der Waals surface area contributed by atoms with Gasteiger partial charge in [0, 0.05) is 30.7 Å². The third-order valence-electron chi connectivity index (χ3n) is 6.12. The van der Waals surface area contributed by atoms with Crippen molar-refractivity contribution in [1.82, 2.24) is 14.2 Å². The normalized spacial score (nSPS) is 15.0. The summed E-state index contributed by atoms with van der Waals surface area (Å²) in [6.45, 7) is 4.46. The number of hydrogen-bond acceptors (Lipinski definition) is 5. The van der Waals surface area contributed by atoms with Gasteiger partial charge in [0.15, 0.2) is 0 Å². The number of piperidine rings is 1. The highest BCUT2D eigenvalue weighted by atomic mass is 32.2. The molecule has 176 valence electrons. The lowest BCUT2D eigenvalue weighted by molar-refractivity contribution is -0.134. The van der Waals surface area contributed by atoms with Crippen molar-refractivity contribution >= 4 is 17.9 Å². The monoisotopic (exact) mass is 474 g/mol.